The summed E-state index contributed by atoms with van der Waals surface area (Å²) >= 11 is 0. The zero-order valence-corrected chi connectivity index (χ0v) is 10.9. The number of hydrogen-bond donors (Lipinski definition) is 1. The normalized spacial score (nSPS) is 16.9. The van der Waals surface area contributed by atoms with E-state index < -0.39 is 11.4 Å². The molecule has 1 heterocycles. The van der Waals surface area contributed by atoms with Crippen molar-refractivity contribution in [2.24, 2.45) is 5.41 Å². The minimum absolute atomic E-state index is 0.513. The van der Waals surface area contributed by atoms with E-state index in [9.17, 15) is 9.90 Å². The summed E-state index contributed by atoms with van der Waals surface area (Å²) in [6.45, 7) is 1.23. The molecule has 19 heavy (non-hydrogen) atoms. The molecule has 1 aliphatic rings. The predicted octanol–water partition coefficient (Wildman–Crippen LogP) is 2.73. The summed E-state index contributed by atoms with van der Waals surface area (Å²) < 4.78 is 5.74. The molecule has 0 amide bonds. The SMILES string of the molecule is CN(Cc1cc2ccccc2o1)CC1(C(=O)O)CC1. The highest BCUT2D eigenvalue weighted by Gasteiger charge is 2.50. The van der Waals surface area contributed by atoms with Crippen LogP contribution in [0.3, 0.4) is 0 Å². The summed E-state index contributed by atoms with van der Waals surface area (Å²) in [4.78, 5) is 13.2. The Kier molecular flexibility index (Phi) is 2.82. The number of fused-ring (bicyclic) bond motifs is 1. The molecule has 100 valence electrons. The van der Waals surface area contributed by atoms with Crippen molar-refractivity contribution in [3.05, 3.63) is 36.1 Å². The Hall–Kier alpha value is -1.81. The Labute approximate surface area is 111 Å². The van der Waals surface area contributed by atoms with E-state index in [1.54, 1.807) is 0 Å². The number of carboxylic acid groups (broad SMARTS) is 1. The Morgan fingerprint density at radius 1 is 1.42 bits per heavy atom. The molecule has 1 saturated carbocycles. The quantitative estimate of drug-likeness (QED) is 0.897. The molecule has 1 fully saturated rings. The smallest absolute Gasteiger partial charge is 0.310 e. The van der Waals surface area contributed by atoms with Gasteiger partial charge in [-0.2, -0.15) is 0 Å². The number of rotatable bonds is 5. The van der Waals surface area contributed by atoms with Gasteiger partial charge in [-0.25, -0.2) is 0 Å². The highest BCUT2D eigenvalue weighted by atomic mass is 16.4. The van der Waals surface area contributed by atoms with Gasteiger partial charge in [0, 0.05) is 11.9 Å². The van der Waals surface area contributed by atoms with Gasteiger partial charge >= 0.3 is 5.97 Å². The minimum atomic E-state index is -0.677. The molecule has 0 spiro atoms. The van der Waals surface area contributed by atoms with Crippen LogP contribution in [0.5, 0.6) is 0 Å². The topological polar surface area (TPSA) is 53.7 Å². The lowest BCUT2D eigenvalue weighted by atomic mass is 10.1. The van der Waals surface area contributed by atoms with Gasteiger partial charge in [0.2, 0.25) is 0 Å². The van der Waals surface area contributed by atoms with E-state index in [0.29, 0.717) is 13.1 Å². The fourth-order valence-corrected chi connectivity index (χ4v) is 2.54. The van der Waals surface area contributed by atoms with Crippen LogP contribution in [-0.2, 0) is 11.3 Å². The number of furan rings is 1. The molecule has 0 unspecified atom stereocenters. The summed E-state index contributed by atoms with van der Waals surface area (Å²) in [7, 11) is 1.94. The van der Waals surface area contributed by atoms with E-state index >= 15 is 0 Å². The van der Waals surface area contributed by atoms with Crippen molar-refractivity contribution >= 4 is 16.9 Å². The fourth-order valence-electron chi connectivity index (χ4n) is 2.54. The second-order valence-corrected chi connectivity index (χ2v) is 5.51. The maximum absolute atomic E-state index is 11.2. The monoisotopic (exact) mass is 259 g/mol. The molecule has 2 aromatic rings. The van der Waals surface area contributed by atoms with Crippen LogP contribution in [0.15, 0.2) is 34.7 Å². The third kappa shape index (κ3) is 2.36. The Bertz CT molecular complexity index is 580. The van der Waals surface area contributed by atoms with Crippen molar-refractivity contribution in [3.63, 3.8) is 0 Å². The molecule has 1 aromatic carbocycles. The first-order valence-corrected chi connectivity index (χ1v) is 6.48. The van der Waals surface area contributed by atoms with Crippen molar-refractivity contribution in [2.75, 3.05) is 13.6 Å². The van der Waals surface area contributed by atoms with Gasteiger partial charge < -0.3 is 9.52 Å². The lowest BCUT2D eigenvalue weighted by Gasteiger charge is -2.19. The Morgan fingerprint density at radius 3 is 2.79 bits per heavy atom. The van der Waals surface area contributed by atoms with Gasteiger partial charge in [-0.05, 0) is 32.0 Å². The third-order valence-electron chi connectivity index (χ3n) is 3.78. The van der Waals surface area contributed by atoms with Gasteiger partial charge in [0.25, 0.3) is 0 Å². The van der Waals surface area contributed by atoms with E-state index in [1.165, 1.54) is 0 Å². The van der Waals surface area contributed by atoms with Crippen LogP contribution in [-0.4, -0.2) is 29.6 Å². The summed E-state index contributed by atoms with van der Waals surface area (Å²) in [6.07, 6.45) is 1.57. The highest BCUT2D eigenvalue weighted by Crippen LogP contribution is 2.46. The van der Waals surface area contributed by atoms with Gasteiger partial charge in [0.05, 0.1) is 12.0 Å². The Morgan fingerprint density at radius 2 is 2.16 bits per heavy atom. The Balaban J connectivity index is 1.69. The van der Waals surface area contributed by atoms with E-state index in [4.69, 9.17) is 4.42 Å². The number of nitrogens with zero attached hydrogens (tertiary/aromatic N) is 1. The molecule has 0 saturated heterocycles. The first-order chi connectivity index (χ1) is 9.09. The summed E-state index contributed by atoms with van der Waals surface area (Å²) in [5.74, 6) is 0.203. The van der Waals surface area contributed by atoms with Gasteiger partial charge in [-0.3, -0.25) is 9.69 Å². The maximum Gasteiger partial charge on any atom is 0.310 e. The summed E-state index contributed by atoms with van der Waals surface area (Å²) in [5.41, 5.74) is 0.367. The van der Waals surface area contributed by atoms with Gasteiger partial charge in [0.1, 0.15) is 11.3 Å². The number of aliphatic carboxylic acids is 1. The zero-order valence-electron chi connectivity index (χ0n) is 10.9. The lowest BCUT2D eigenvalue weighted by Crippen LogP contribution is -2.31. The van der Waals surface area contributed by atoms with Crippen LogP contribution in [0.25, 0.3) is 11.0 Å². The number of benzene rings is 1. The van der Waals surface area contributed by atoms with E-state index in [1.807, 2.05) is 42.3 Å². The van der Waals surface area contributed by atoms with E-state index in [-0.39, 0.29) is 0 Å². The highest BCUT2D eigenvalue weighted by molar-refractivity contribution is 5.78. The molecule has 4 heteroatoms. The average molecular weight is 259 g/mol. The van der Waals surface area contributed by atoms with Gasteiger partial charge in [0.15, 0.2) is 0 Å². The van der Waals surface area contributed by atoms with Crippen LogP contribution < -0.4 is 0 Å². The maximum atomic E-state index is 11.2. The average Bonchev–Trinajstić information content (AvgIpc) is 3.02. The molecule has 0 radical (unpaired) electrons. The number of carbonyl (C=O) groups is 1. The molecule has 1 aromatic heterocycles. The van der Waals surface area contributed by atoms with Gasteiger partial charge in [-0.1, -0.05) is 18.2 Å². The van der Waals surface area contributed by atoms with Crippen LogP contribution in [0.2, 0.25) is 0 Å². The molecule has 0 bridgehead atoms. The number of hydrogen-bond acceptors (Lipinski definition) is 3. The molecular weight excluding hydrogens is 242 g/mol. The second-order valence-electron chi connectivity index (χ2n) is 5.51. The first-order valence-electron chi connectivity index (χ1n) is 6.48. The molecule has 0 atom stereocenters. The molecular formula is C15H17NO3. The van der Waals surface area contributed by atoms with Crippen molar-refractivity contribution in [2.45, 2.75) is 19.4 Å². The van der Waals surface area contributed by atoms with Crippen LogP contribution in [0.1, 0.15) is 18.6 Å². The van der Waals surface area contributed by atoms with Crippen LogP contribution in [0, 0.1) is 5.41 Å². The molecule has 0 aliphatic heterocycles. The minimum Gasteiger partial charge on any atom is -0.481 e. The fraction of sp³-hybridized carbons (Fsp3) is 0.400. The van der Waals surface area contributed by atoms with Crippen molar-refractivity contribution in [3.8, 4) is 0 Å². The zero-order chi connectivity index (χ0) is 13.5. The van der Waals surface area contributed by atoms with Crippen molar-refractivity contribution < 1.29 is 14.3 Å². The molecule has 1 N–H and O–H groups in total. The first kappa shape index (κ1) is 12.2. The number of carboxylic acids is 1. The largest absolute Gasteiger partial charge is 0.481 e. The molecule has 1 aliphatic carbocycles. The molecule has 3 rings (SSSR count). The summed E-state index contributed by atoms with van der Waals surface area (Å²) in [5, 5.41) is 10.3. The van der Waals surface area contributed by atoms with Crippen molar-refractivity contribution in [1.82, 2.24) is 4.90 Å². The van der Waals surface area contributed by atoms with E-state index in [0.717, 1.165) is 29.6 Å². The molecule has 4 nitrogen and oxygen atoms in total. The second kappa shape index (κ2) is 4.38. The van der Waals surface area contributed by atoms with Crippen molar-refractivity contribution in [1.29, 1.82) is 0 Å². The summed E-state index contributed by atoms with van der Waals surface area (Å²) in [6, 6.07) is 9.91. The lowest BCUT2D eigenvalue weighted by molar-refractivity contribution is -0.144. The van der Waals surface area contributed by atoms with Gasteiger partial charge in [-0.15, -0.1) is 0 Å². The standard InChI is InChI=1S/C15H17NO3/c1-16(10-15(6-7-15)14(17)18)9-12-8-11-4-2-3-5-13(11)19-12/h2-5,8H,6-7,9-10H2,1H3,(H,17,18). The predicted molar refractivity (Wildman–Crippen MR) is 71.9 cm³/mol. The number of para-hydroxylation sites is 1. The van der Waals surface area contributed by atoms with Crippen LogP contribution >= 0.6 is 0 Å². The van der Waals surface area contributed by atoms with E-state index in [2.05, 4.69) is 0 Å². The third-order valence-corrected chi connectivity index (χ3v) is 3.78. The van der Waals surface area contributed by atoms with Crippen LogP contribution in [0.4, 0.5) is 0 Å².